The Morgan fingerprint density at radius 3 is 2.71 bits per heavy atom. The van der Waals surface area contributed by atoms with Gasteiger partial charge in [-0.05, 0) is 38.8 Å². The average molecular weight is 331 g/mol. The van der Waals surface area contributed by atoms with Crippen LogP contribution in [0.15, 0.2) is 12.1 Å². The second-order valence-electron chi connectivity index (χ2n) is 6.57. The molecule has 7 heteroatoms. The van der Waals surface area contributed by atoms with Gasteiger partial charge in [0.05, 0.1) is 12.6 Å². The fraction of sp³-hybridized carbons (Fsp3) is 0.471. The van der Waals surface area contributed by atoms with E-state index in [4.69, 9.17) is 10.5 Å². The minimum absolute atomic E-state index is 0.000551. The zero-order valence-corrected chi connectivity index (χ0v) is 14.4. The maximum Gasteiger partial charge on any atom is 0.228 e. The highest BCUT2D eigenvalue weighted by molar-refractivity contribution is 5.50. The second kappa shape index (κ2) is 5.89. The highest BCUT2D eigenvalue weighted by Gasteiger charge is 2.27. The molecule has 0 fully saturated rings. The zero-order valence-electron chi connectivity index (χ0n) is 14.4. The molecule has 1 aromatic carbocycles. The number of halogens is 1. The maximum absolute atomic E-state index is 14.1. The summed E-state index contributed by atoms with van der Waals surface area (Å²) in [6.07, 6.45) is 0.759. The lowest BCUT2D eigenvalue weighted by Gasteiger charge is -2.28. The molecule has 6 nitrogen and oxygen atoms in total. The minimum atomic E-state index is -1.69. The molecule has 3 rings (SSSR count). The molecule has 0 saturated heterocycles. The van der Waals surface area contributed by atoms with E-state index in [2.05, 4.69) is 33.3 Å². The van der Waals surface area contributed by atoms with Crippen LogP contribution in [0.1, 0.15) is 48.8 Å². The monoisotopic (exact) mass is 331 g/mol. The lowest BCUT2D eigenvalue weighted by atomic mass is 9.95. The number of rotatable bonds is 3. The third-order valence-electron chi connectivity index (χ3n) is 4.22. The van der Waals surface area contributed by atoms with Crippen LogP contribution in [0.2, 0.25) is 0 Å². The van der Waals surface area contributed by atoms with Crippen molar-refractivity contribution < 1.29 is 9.13 Å². The third kappa shape index (κ3) is 3.11. The summed E-state index contributed by atoms with van der Waals surface area (Å²) >= 11 is 0. The van der Waals surface area contributed by atoms with Gasteiger partial charge in [-0.15, -0.1) is 0 Å². The molecule has 2 heterocycles. The number of nitrogens with two attached hydrogens (primary N) is 1. The van der Waals surface area contributed by atoms with Crippen molar-refractivity contribution in [2.24, 2.45) is 0 Å². The van der Waals surface area contributed by atoms with Crippen molar-refractivity contribution in [3.8, 4) is 5.75 Å². The summed E-state index contributed by atoms with van der Waals surface area (Å²) in [5.41, 5.74) is 7.37. The number of alkyl halides is 1. The third-order valence-corrected chi connectivity index (χ3v) is 4.22. The summed E-state index contributed by atoms with van der Waals surface area (Å²) in [7, 11) is 0. The molecule has 1 atom stereocenters. The second-order valence-corrected chi connectivity index (χ2v) is 6.57. The number of aryl methyl sites for hydroxylation is 1. The number of aromatic nitrogens is 3. The molecule has 0 unspecified atom stereocenters. The first-order valence-electron chi connectivity index (χ1n) is 7.96. The number of nitrogens with one attached hydrogen (secondary N) is 1. The molecule has 128 valence electrons. The van der Waals surface area contributed by atoms with Gasteiger partial charge in [0.2, 0.25) is 11.9 Å². The van der Waals surface area contributed by atoms with E-state index < -0.39 is 5.67 Å². The Kier molecular flexibility index (Phi) is 4.03. The lowest BCUT2D eigenvalue weighted by molar-refractivity contribution is 0.206. The van der Waals surface area contributed by atoms with Crippen molar-refractivity contribution in [2.45, 2.75) is 45.8 Å². The van der Waals surface area contributed by atoms with Crippen LogP contribution in [0.5, 0.6) is 5.75 Å². The summed E-state index contributed by atoms with van der Waals surface area (Å²) in [6.45, 7) is 7.47. The quantitative estimate of drug-likeness (QED) is 0.898. The fourth-order valence-electron chi connectivity index (χ4n) is 2.74. The maximum atomic E-state index is 14.1. The lowest BCUT2D eigenvalue weighted by Crippen LogP contribution is -2.24. The van der Waals surface area contributed by atoms with Crippen LogP contribution in [0, 0.1) is 13.8 Å². The Morgan fingerprint density at radius 1 is 1.25 bits per heavy atom. The van der Waals surface area contributed by atoms with Crippen LogP contribution in [0.4, 0.5) is 16.3 Å². The number of nitrogens with zero attached hydrogens (tertiary/aromatic N) is 3. The topological polar surface area (TPSA) is 86.0 Å². The van der Waals surface area contributed by atoms with Gasteiger partial charge < -0.3 is 15.8 Å². The van der Waals surface area contributed by atoms with E-state index in [9.17, 15) is 4.39 Å². The highest BCUT2D eigenvalue weighted by Crippen LogP contribution is 2.37. The molecule has 0 spiro atoms. The smallest absolute Gasteiger partial charge is 0.228 e. The summed E-state index contributed by atoms with van der Waals surface area (Å²) < 4.78 is 20.0. The zero-order chi connectivity index (χ0) is 17.5. The molecule has 24 heavy (non-hydrogen) atoms. The molecule has 0 bridgehead atoms. The number of benzene rings is 1. The first-order chi connectivity index (χ1) is 11.3. The first-order valence-corrected chi connectivity index (χ1v) is 7.96. The van der Waals surface area contributed by atoms with Gasteiger partial charge in [0.1, 0.15) is 5.75 Å². The Bertz CT molecular complexity index is 772. The summed E-state index contributed by atoms with van der Waals surface area (Å²) in [6, 6.07) is 4.08. The van der Waals surface area contributed by atoms with E-state index in [0.29, 0.717) is 6.61 Å². The van der Waals surface area contributed by atoms with E-state index in [1.54, 1.807) is 0 Å². The van der Waals surface area contributed by atoms with Crippen molar-refractivity contribution in [2.75, 3.05) is 17.7 Å². The molecule has 0 aliphatic carbocycles. The van der Waals surface area contributed by atoms with Gasteiger partial charge in [-0.2, -0.15) is 15.0 Å². The Balaban J connectivity index is 1.94. The van der Waals surface area contributed by atoms with Crippen LogP contribution in [-0.4, -0.2) is 21.6 Å². The Labute approximate surface area is 140 Å². The normalized spacial score (nSPS) is 17.1. The van der Waals surface area contributed by atoms with E-state index >= 15 is 0 Å². The van der Waals surface area contributed by atoms with E-state index in [1.807, 2.05) is 13.0 Å². The molecule has 0 amide bonds. The predicted octanol–water partition coefficient (Wildman–Crippen LogP) is 3.21. The largest absolute Gasteiger partial charge is 0.493 e. The van der Waals surface area contributed by atoms with Gasteiger partial charge in [0.25, 0.3) is 0 Å². The Morgan fingerprint density at radius 2 is 2.00 bits per heavy atom. The van der Waals surface area contributed by atoms with Gasteiger partial charge in [0, 0.05) is 12.0 Å². The molecule has 1 aliphatic rings. The summed E-state index contributed by atoms with van der Waals surface area (Å²) in [4.78, 5) is 12.2. The first kappa shape index (κ1) is 16.4. The van der Waals surface area contributed by atoms with Crippen molar-refractivity contribution in [3.63, 3.8) is 0 Å². The molecular formula is C17H22FN5O. The molecule has 0 radical (unpaired) electrons. The number of hydrogen-bond donors (Lipinski definition) is 2. The van der Waals surface area contributed by atoms with Gasteiger partial charge in [-0.1, -0.05) is 12.1 Å². The van der Waals surface area contributed by atoms with Crippen LogP contribution < -0.4 is 15.8 Å². The van der Waals surface area contributed by atoms with Crippen LogP contribution in [-0.2, 0) is 5.67 Å². The molecule has 0 saturated carbocycles. The predicted molar refractivity (Wildman–Crippen MR) is 90.8 cm³/mol. The molecule has 2 aromatic rings. The molecular weight excluding hydrogens is 309 g/mol. The molecule has 1 aliphatic heterocycles. The fourth-order valence-corrected chi connectivity index (χ4v) is 2.74. The molecule has 1 aromatic heterocycles. The van der Waals surface area contributed by atoms with Gasteiger partial charge in [-0.3, -0.25) is 0 Å². The van der Waals surface area contributed by atoms with Crippen molar-refractivity contribution in [1.29, 1.82) is 0 Å². The average Bonchev–Trinajstić information content (AvgIpc) is 2.50. The number of hydrogen-bond acceptors (Lipinski definition) is 6. The molecule has 3 N–H and O–H groups in total. The van der Waals surface area contributed by atoms with Crippen molar-refractivity contribution >= 4 is 11.9 Å². The summed E-state index contributed by atoms with van der Waals surface area (Å²) in [5.74, 6) is 1.19. The van der Waals surface area contributed by atoms with E-state index in [0.717, 1.165) is 23.3 Å². The van der Waals surface area contributed by atoms with E-state index in [1.165, 1.54) is 19.4 Å². The Hall–Kier alpha value is -2.44. The van der Waals surface area contributed by atoms with Gasteiger partial charge in [-0.25, -0.2) is 4.39 Å². The number of fused-ring (bicyclic) bond motifs is 1. The number of anilines is 2. The highest BCUT2D eigenvalue weighted by atomic mass is 19.1. The van der Waals surface area contributed by atoms with Crippen LogP contribution in [0.25, 0.3) is 0 Å². The van der Waals surface area contributed by atoms with Crippen LogP contribution in [0.3, 0.4) is 0 Å². The standard InChI is InChI=1S/C17H22FN5O/c1-9-5-6-11-12(7-8-24-13(11)10(9)2)20-16-22-14(17(3,4)18)21-15(19)23-16/h5-6,12H,7-8H2,1-4H3,(H3,19,20,21,22,23)/t12-/m1/s1. The van der Waals surface area contributed by atoms with Crippen LogP contribution >= 0.6 is 0 Å². The minimum Gasteiger partial charge on any atom is -0.493 e. The summed E-state index contributed by atoms with van der Waals surface area (Å²) in [5, 5.41) is 3.25. The number of ether oxygens (including phenoxy) is 1. The van der Waals surface area contributed by atoms with Crippen molar-refractivity contribution in [1.82, 2.24) is 15.0 Å². The SMILES string of the molecule is Cc1ccc2c(c1C)OCC[C@H]2Nc1nc(N)nc(C(C)(C)F)n1. The van der Waals surface area contributed by atoms with E-state index in [-0.39, 0.29) is 23.8 Å². The van der Waals surface area contributed by atoms with Crippen molar-refractivity contribution in [3.05, 3.63) is 34.6 Å². The van der Waals surface area contributed by atoms with Gasteiger partial charge >= 0.3 is 0 Å². The number of nitrogen functional groups attached to an aromatic ring is 1. The van der Waals surface area contributed by atoms with Gasteiger partial charge in [0.15, 0.2) is 11.5 Å².